The summed E-state index contributed by atoms with van der Waals surface area (Å²) < 4.78 is 0. The van der Waals surface area contributed by atoms with E-state index in [0.717, 1.165) is 12.0 Å². The highest BCUT2D eigenvalue weighted by Gasteiger charge is 2.24. The van der Waals surface area contributed by atoms with Gasteiger partial charge < -0.3 is 10.2 Å². The van der Waals surface area contributed by atoms with E-state index >= 15 is 0 Å². The first-order chi connectivity index (χ1) is 5.74. The molecule has 0 amide bonds. The quantitative estimate of drug-likeness (QED) is 0.538. The number of piperidine rings is 1. The SMILES string of the molecule is C[NH2+]CC1CC[NH+](C(C)C)CC1. The van der Waals surface area contributed by atoms with Crippen LogP contribution in [0.4, 0.5) is 0 Å². The Kier molecular flexibility index (Phi) is 4.02. The highest BCUT2D eigenvalue weighted by molar-refractivity contribution is 4.60. The van der Waals surface area contributed by atoms with E-state index in [9.17, 15) is 0 Å². The first kappa shape index (κ1) is 10.0. The van der Waals surface area contributed by atoms with Crippen LogP contribution in [-0.4, -0.2) is 32.7 Å². The van der Waals surface area contributed by atoms with Gasteiger partial charge in [-0.25, -0.2) is 0 Å². The van der Waals surface area contributed by atoms with Crippen LogP contribution >= 0.6 is 0 Å². The molecule has 1 aliphatic heterocycles. The summed E-state index contributed by atoms with van der Waals surface area (Å²) in [7, 11) is 2.18. The number of likely N-dealkylation sites (tertiary alicyclic amines) is 1. The third kappa shape index (κ3) is 2.76. The maximum atomic E-state index is 2.33. The lowest BCUT2D eigenvalue weighted by molar-refractivity contribution is -0.927. The first-order valence-electron chi connectivity index (χ1n) is 5.36. The average Bonchev–Trinajstić information content (AvgIpc) is 2.06. The van der Waals surface area contributed by atoms with E-state index in [-0.39, 0.29) is 0 Å². The largest absolute Gasteiger partial charge is 0.348 e. The summed E-state index contributed by atoms with van der Waals surface area (Å²) in [5.74, 6) is 0.998. The zero-order chi connectivity index (χ0) is 8.97. The number of rotatable bonds is 3. The smallest absolute Gasteiger partial charge is 0.0817 e. The maximum Gasteiger partial charge on any atom is 0.0817 e. The molecule has 12 heavy (non-hydrogen) atoms. The zero-order valence-electron chi connectivity index (χ0n) is 8.77. The highest BCUT2D eigenvalue weighted by Crippen LogP contribution is 2.06. The molecule has 1 rings (SSSR count). The van der Waals surface area contributed by atoms with Crippen LogP contribution in [0, 0.1) is 5.92 Å². The molecule has 0 spiro atoms. The Labute approximate surface area is 76.3 Å². The predicted molar refractivity (Wildman–Crippen MR) is 51.3 cm³/mol. The van der Waals surface area contributed by atoms with Gasteiger partial charge in [-0.05, 0) is 13.8 Å². The fraction of sp³-hybridized carbons (Fsp3) is 1.00. The summed E-state index contributed by atoms with van der Waals surface area (Å²) in [5.41, 5.74) is 0. The molecule has 0 aromatic rings. The Balaban J connectivity index is 2.20. The third-order valence-corrected chi connectivity index (χ3v) is 3.13. The summed E-state index contributed by atoms with van der Waals surface area (Å²) in [6.45, 7) is 8.81. The van der Waals surface area contributed by atoms with Crippen molar-refractivity contribution in [3.05, 3.63) is 0 Å². The Morgan fingerprint density at radius 1 is 1.33 bits per heavy atom. The van der Waals surface area contributed by atoms with E-state index < -0.39 is 0 Å². The normalized spacial score (nSPS) is 31.0. The van der Waals surface area contributed by atoms with Crippen molar-refractivity contribution in [1.82, 2.24) is 0 Å². The van der Waals surface area contributed by atoms with E-state index in [4.69, 9.17) is 0 Å². The predicted octanol–water partition coefficient (Wildman–Crippen LogP) is -1.12. The average molecular weight is 172 g/mol. The van der Waals surface area contributed by atoms with Crippen molar-refractivity contribution in [2.75, 3.05) is 26.7 Å². The lowest BCUT2D eigenvalue weighted by atomic mass is 9.96. The fourth-order valence-corrected chi connectivity index (χ4v) is 2.19. The van der Waals surface area contributed by atoms with Crippen LogP contribution in [0.15, 0.2) is 0 Å². The minimum Gasteiger partial charge on any atom is -0.348 e. The Bertz CT molecular complexity index is 115. The van der Waals surface area contributed by atoms with Crippen LogP contribution in [0.2, 0.25) is 0 Å². The van der Waals surface area contributed by atoms with Gasteiger partial charge in [-0.3, -0.25) is 0 Å². The molecular weight excluding hydrogens is 148 g/mol. The van der Waals surface area contributed by atoms with E-state index in [1.807, 2.05) is 4.90 Å². The second-order valence-electron chi connectivity index (χ2n) is 4.40. The van der Waals surface area contributed by atoms with Crippen molar-refractivity contribution in [2.45, 2.75) is 32.7 Å². The lowest BCUT2D eigenvalue weighted by Crippen LogP contribution is -3.16. The monoisotopic (exact) mass is 172 g/mol. The van der Waals surface area contributed by atoms with Crippen molar-refractivity contribution in [1.29, 1.82) is 0 Å². The first-order valence-corrected chi connectivity index (χ1v) is 5.36. The van der Waals surface area contributed by atoms with E-state index in [1.165, 1.54) is 32.5 Å². The summed E-state index contributed by atoms with van der Waals surface area (Å²) in [4.78, 5) is 1.81. The van der Waals surface area contributed by atoms with Crippen LogP contribution in [0.1, 0.15) is 26.7 Å². The van der Waals surface area contributed by atoms with Gasteiger partial charge in [0.2, 0.25) is 0 Å². The molecule has 0 radical (unpaired) electrons. The molecule has 0 atom stereocenters. The molecule has 1 aliphatic rings. The zero-order valence-corrected chi connectivity index (χ0v) is 8.77. The highest BCUT2D eigenvalue weighted by atomic mass is 15.1. The minimum absolute atomic E-state index is 0.830. The van der Waals surface area contributed by atoms with Crippen LogP contribution in [0.25, 0.3) is 0 Å². The van der Waals surface area contributed by atoms with E-state index in [2.05, 4.69) is 26.2 Å². The van der Waals surface area contributed by atoms with E-state index in [0.29, 0.717) is 0 Å². The molecule has 3 N–H and O–H groups in total. The molecule has 0 aromatic heterocycles. The van der Waals surface area contributed by atoms with Crippen molar-refractivity contribution < 1.29 is 10.2 Å². The fourth-order valence-electron chi connectivity index (χ4n) is 2.19. The molecule has 0 bridgehead atoms. The molecule has 72 valence electrons. The van der Waals surface area contributed by atoms with Crippen molar-refractivity contribution in [3.63, 3.8) is 0 Å². The van der Waals surface area contributed by atoms with Crippen molar-refractivity contribution >= 4 is 0 Å². The molecule has 0 aromatic carbocycles. The number of nitrogens with two attached hydrogens (primary N) is 1. The van der Waals surface area contributed by atoms with Gasteiger partial charge in [0.1, 0.15) is 0 Å². The molecule has 2 heteroatoms. The Hall–Kier alpha value is -0.0800. The molecule has 0 aliphatic carbocycles. The molecular formula is C10H24N2+2. The third-order valence-electron chi connectivity index (χ3n) is 3.13. The summed E-state index contributed by atoms with van der Waals surface area (Å²) in [5, 5.41) is 2.32. The molecule has 1 fully saturated rings. The van der Waals surface area contributed by atoms with Crippen molar-refractivity contribution in [2.24, 2.45) is 5.92 Å². The second-order valence-corrected chi connectivity index (χ2v) is 4.40. The van der Waals surface area contributed by atoms with Gasteiger partial charge >= 0.3 is 0 Å². The van der Waals surface area contributed by atoms with Crippen LogP contribution < -0.4 is 10.2 Å². The molecule has 1 saturated heterocycles. The van der Waals surface area contributed by atoms with Crippen LogP contribution in [-0.2, 0) is 0 Å². The summed E-state index contributed by atoms with van der Waals surface area (Å²) in [6, 6.07) is 0.830. The van der Waals surface area contributed by atoms with Gasteiger partial charge in [0.25, 0.3) is 0 Å². The summed E-state index contributed by atoms with van der Waals surface area (Å²) >= 11 is 0. The minimum atomic E-state index is 0.830. The number of hydrogen-bond acceptors (Lipinski definition) is 0. The Morgan fingerprint density at radius 3 is 2.33 bits per heavy atom. The van der Waals surface area contributed by atoms with Gasteiger partial charge in [0.15, 0.2) is 0 Å². The number of nitrogens with one attached hydrogen (secondary N) is 1. The van der Waals surface area contributed by atoms with Gasteiger partial charge in [-0.1, -0.05) is 0 Å². The molecule has 0 saturated carbocycles. The second kappa shape index (κ2) is 4.83. The molecule has 2 nitrogen and oxygen atoms in total. The molecule has 1 heterocycles. The van der Waals surface area contributed by atoms with Gasteiger partial charge in [-0.2, -0.15) is 0 Å². The number of quaternary nitrogens is 2. The van der Waals surface area contributed by atoms with Gasteiger partial charge in [0.05, 0.1) is 32.7 Å². The lowest BCUT2D eigenvalue weighted by Gasteiger charge is -2.30. The van der Waals surface area contributed by atoms with Gasteiger partial charge in [-0.15, -0.1) is 0 Å². The van der Waals surface area contributed by atoms with E-state index in [1.54, 1.807) is 0 Å². The van der Waals surface area contributed by atoms with Crippen LogP contribution in [0.3, 0.4) is 0 Å². The number of hydrogen-bond donors (Lipinski definition) is 2. The topological polar surface area (TPSA) is 21.1 Å². The summed E-state index contributed by atoms with van der Waals surface area (Å²) in [6.07, 6.45) is 2.88. The maximum absolute atomic E-state index is 2.33. The molecule has 0 unspecified atom stereocenters. The van der Waals surface area contributed by atoms with Crippen LogP contribution in [0.5, 0.6) is 0 Å². The van der Waals surface area contributed by atoms with Crippen molar-refractivity contribution in [3.8, 4) is 0 Å². The standard InChI is InChI=1S/C10H22N2/c1-9(2)12-6-4-10(5-7-12)8-11-3/h9-11H,4-8H2,1-3H3/p+2. The Morgan fingerprint density at radius 2 is 1.92 bits per heavy atom. The van der Waals surface area contributed by atoms with Gasteiger partial charge in [0, 0.05) is 18.8 Å².